The van der Waals surface area contributed by atoms with Gasteiger partial charge in [-0.25, -0.2) is 0 Å². The van der Waals surface area contributed by atoms with E-state index in [2.05, 4.69) is 11.9 Å². The number of halogens is 2. The first-order chi connectivity index (χ1) is 16.3. The molecule has 2 aliphatic heterocycles. The monoisotopic (exact) mass is 503 g/mol. The zero-order valence-corrected chi connectivity index (χ0v) is 21.0. The first kappa shape index (κ1) is 24.8. The van der Waals surface area contributed by atoms with E-state index in [-0.39, 0.29) is 11.8 Å². The van der Waals surface area contributed by atoms with Crippen molar-refractivity contribution >= 4 is 35.0 Å². The Morgan fingerprint density at radius 3 is 2.38 bits per heavy atom. The minimum absolute atomic E-state index is 0.102. The molecule has 34 heavy (non-hydrogen) atoms. The molecule has 2 saturated heterocycles. The summed E-state index contributed by atoms with van der Waals surface area (Å²) in [5.41, 5.74) is 0.0417. The van der Waals surface area contributed by atoms with Crippen LogP contribution in [0, 0.1) is 5.41 Å². The molecule has 0 radical (unpaired) electrons. The number of carbonyl (C=O) groups excluding carboxylic acids is 2. The van der Waals surface area contributed by atoms with E-state index in [0.29, 0.717) is 41.7 Å². The summed E-state index contributed by atoms with van der Waals surface area (Å²) in [6.07, 6.45) is 1.99. The fourth-order valence-corrected chi connectivity index (χ4v) is 5.05. The number of likely N-dealkylation sites (N-methyl/N-ethyl adjacent to an activating group) is 1. The van der Waals surface area contributed by atoms with Crippen molar-refractivity contribution in [3.63, 3.8) is 0 Å². The van der Waals surface area contributed by atoms with E-state index in [4.69, 9.17) is 27.9 Å². The van der Waals surface area contributed by atoms with E-state index in [9.17, 15) is 9.59 Å². The average molecular weight is 504 g/mol. The normalized spacial score (nSPS) is 21.4. The van der Waals surface area contributed by atoms with Gasteiger partial charge in [-0.1, -0.05) is 41.4 Å². The zero-order chi connectivity index (χ0) is 24.1. The molecule has 2 aromatic rings. The third kappa shape index (κ3) is 6.04. The summed E-state index contributed by atoms with van der Waals surface area (Å²) in [6, 6.07) is 14.6. The first-order valence-corrected chi connectivity index (χ1v) is 12.5. The summed E-state index contributed by atoms with van der Waals surface area (Å²) < 4.78 is 6.17. The van der Waals surface area contributed by atoms with Crippen LogP contribution in [0.25, 0.3) is 0 Å². The lowest BCUT2D eigenvalue weighted by Crippen LogP contribution is -2.53. The lowest BCUT2D eigenvalue weighted by molar-refractivity contribution is -0.137. The van der Waals surface area contributed by atoms with Gasteiger partial charge in [-0.2, -0.15) is 0 Å². The van der Waals surface area contributed by atoms with Gasteiger partial charge < -0.3 is 19.4 Å². The van der Waals surface area contributed by atoms with Crippen LogP contribution in [0.1, 0.15) is 29.6 Å². The van der Waals surface area contributed by atoms with Gasteiger partial charge in [0, 0.05) is 56.7 Å². The van der Waals surface area contributed by atoms with Gasteiger partial charge in [-0.3, -0.25) is 9.59 Å². The SMILES string of the molecule is CN1CCN(C(=O)C[C@]2(COc3ccccc3)CCCN(C(=O)c3ccc(Cl)c(Cl)c3)C2)CC1. The third-order valence-electron chi connectivity index (χ3n) is 6.79. The number of rotatable bonds is 6. The van der Waals surface area contributed by atoms with Gasteiger partial charge in [0.25, 0.3) is 5.91 Å². The Kier molecular flexibility index (Phi) is 8.02. The van der Waals surface area contributed by atoms with Crippen LogP contribution in [0.2, 0.25) is 10.0 Å². The number of benzene rings is 2. The molecular formula is C26H31Cl2N3O3. The summed E-state index contributed by atoms with van der Waals surface area (Å²) >= 11 is 12.2. The Morgan fingerprint density at radius 1 is 0.941 bits per heavy atom. The Hall–Kier alpha value is -2.28. The molecular weight excluding hydrogens is 473 g/mol. The maximum atomic E-state index is 13.3. The van der Waals surface area contributed by atoms with Gasteiger partial charge in [0.1, 0.15) is 5.75 Å². The van der Waals surface area contributed by atoms with Gasteiger partial charge in [0.05, 0.1) is 16.7 Å². The molecule has 2 heterocycles. The number of piperazine rings is 1. The quantitative estimate of drug-likeness (QED) is 0.583. The maximum Gasteiger partial charge on any atom is 0.253 e. The second-order valence-electron chi connectivity index (χ2n) is 9.42. The molecule has 182 valence electrons. The topological polar surface area (TPSA) is 53.1 Å². The summed E-state index contributed by atoms with van der Waals surface area (Å²) in [5, 5.41) is 0.772. The second-order valence-corrected chi connectivity index (χ2v) is 10.2. The largest absolute Gasteiger partial charge is 0.493 e. The number of piperidine rings is 1. The second kappa shape index (κ2) is 11.0. The highest BCUT2D eigenvalue weighted by Gasteiger charge is 2.41. The molecule has 0 saturated carbocycles. The number of carbonyl (C=O) groups is 2. The molecule has 2 fully saturated rings. The molecule has 2 aromatic carbocycles. The van der Waals surface area contributed by atoms with Crippen LogP contribution in [0.15, 0.2) is 48.5 Å². The molecule has 8 heteroatoms. The average Bonchev–Trinajstić information content (AvgIpc) is 2.85. The predicted molar refractivity (Wildman–Crippen MR) is 135 cm³/mol. The molecule has 0 unspecified atom stereocenters. The van der Waals surface area contributed by atoms with Crippen molar-refractivity contribution in [1.82, 2.24) is 14.7 Å². The number of ether oxygens (including phenoxy) is 1. The summed E-state index contributed by atoms with van der Waals surface area (Å²) in [4.78, 5) is 32.7. The van der Waals surface area contributed by atoms with Crippen molar-refractivity contribution in [3.05, 3.63) is 64.1 Å². The van der Waals surface area contributed by atoms with E-state index in [0.717, 1.165) is 44.8 Å². The van der Waals surface area contributed by atoms with E-state index < -0.39 is 5.41 Å². The molecule has 1 atom stereocenters. The summed E-state index contributed by atoms with van der Waals surface area (Å²) in [7, 11) is 2.07. The van der Waals surface area contributed by atoms with Crippen LogP contribution in [-0.2, 0) is 4.79 Å². The van der Waals surface area contributed by atoms with Crippen LogP contribution in [-0.4, -0.2) is 79.4 Å². The molecule has 0 aromatic heterocycles. The van der Waals surface area contributed by atoms with Crippen LogP contribution >= 0.6 is 23.2 Å². The van der Waals surface area contributed by atoms with Crippen molar-refractivity contribution < 1.29 is 14.3 Å². The Balaban J connectivity index is 1.52. The van der Waals surface area contributed by atoms with Gasteiger partial charge in [-0.15, -0.1) is 0 Å². The smallest absolute Gasteiger partial charge is 0.253 e. The number of amides is 2. The number of nitrogens with zero attached hydrogens (tertiary/aromatic N) is 3. The van der Waals surface area contributed by atoms with Crippen molar-refractivity contribution in [2.24, 2.45) is 5.41 Å². The highest BCUT2D eigenvalue weighted by Crippen LogP contribution is 2.36. The predicted octanol–water partition coefficient (Wildman–Crippen LogP) is 4.46. The van der Waals surface area contributed by atoms with Crippen molar-refractivity contribution in [1.29, 1.82) is 0 Å². The maximum absolute atomic E-state index is 13.3. The third-order valence-corrected chi connectivity index (χ3v) is 7.52. The van der Waals surface area contributed by atoms with Crippen LogP contribution in [0.5, 0.6) is 5.75 Å². The Labute approximate surface area is 211 Å². The molecule has 0 bridgehead atoms. The van der Waals surface area contributed by atoms with Gasteiger partial charge in [0.15, 0.2) is 0 Å². The molecule has 0 spiro atoms. The van der Waals surface area contributed by atoms with E-state index in [1.54, 1.807) is 18.2 Å². The Morgan fingerprint density at radius 2 is 1.68 bits per heavy atom. The molecule has 0 aliphatic carbocycles. The highest BCUT2D eigenvalue weighted by atomic mass is 35.5. The van der Waals surface area contributed by atoms with Crippen LogP contribution < -0.4 is 4.74 Å². The zero-order valence-electron chi connectivity index (χ0n) is 19.5. The number of hydrogen-bond acceptors (Lipinski definition) is 4. The summed E-state index contributed by atoms with van der Waals surface area (Å²) in [6.45, 7) is 4.69. The van der Waals surface area contributed by atoms with Crippen LogP contribution in [0.4, 0.5) is 0 Å². The first-order valence-electron chi connectivity index (χ1n) is 11.7. The molecule has 0 N–H and O–H groups in total. The highest BCUT2D eigenvalue weighted by molar-refractivity contribution is 6.42. The summed E-state index contributed by atoms with van der Waals surface area (Å²) in [5.74, 6) is 0.796. The minimum Gasteiger partial charge on any atom is -0.493 e. The van der Waals surface area contributed by atoms with E-state index in [1.807, 2.05) is 40.1 Å². The van der Waals surface area contributed by atoms with Crippen molar-refractivity contribution in [2.45, 2.75) is 19.3 Å². The van der Waals surface area contributed by atoms with Gasteiger partial charge in [0.2, 0.25) is 5.91 Å². The standard InChI is InChI=1S/C26H31Cl2N3O3/c1-29-12-14-30(15-13-29)24(32)17-26(19-34-21-6-3-2-4-7-21)10-5-11-31(18-26)25(33)20-8-9-22(27)23(28)16-20/h2-4,6-9,16H,5,10-15,17-19H2,1H3/t26-/m1/s1. The molecule has 6 nitrogen and oxygen atoms in total. The van der Waals surface area contributed by atoms with Gasteiger partial charge >= 0.3 is 0 Å². The van der Waals surface area contributed by atoms with E-state index >= 15 is 0 Å². The molecule has 4 rings (SSSR count). The van der Waals surface area contributed by atoms with Crippen LogP contribution in [0.3, 0.4) is 0 Å². The molecule has 2 amide bonds. The van der Waals surface area contributed by atoms with Crippen molar-refractivity contribution in [2.75, 3.05) is 52.9 Å². The number of likely N-dealkylation sites (tertiary alicyclic amines) is 1. The number of hydrogen-bond donors (Lipinski definition) is 0. The lowest BCUT2D eigenvalue weighted by Gasteiger charge is -2.43. The minimum atomic E-state index is -0.458. The fraction of sp³-hybridized carbons (Fsp3) is 0.462. The van der Waals surface area contributed by atoms with Crippen molar-refractivity contribution in [3.8, 4) is 5.75 Å². The lowest BCUT2D eigenvalue weighted by atomic mass is 9.77. The molecule has 2 aliphatic rings. The number of para-hydroxylation sites is 1. The fourth-order valence-electron chi connectivity index (χ4n) is 4.75. The van der Waals surface area contributed by atoms with E-state index in [1.165, 1.54) is 0 Å². The van der Waals surface area contributed by atoms with Gasteiger partial charge in [-0.05, 0) is 50.2 Å². The Bertz CT molecular complexity index is 1010.